The van der Waals surface area contributed by atoms with Gasteiger partial charge >= 0.3 is 5.97 Å². The van der Waals surface area contributed by atoms with Crippen LogP contribution in [-0.4, -0.2) is 12.1 Å². The highest BCUT2D eigenvalue weighted by Gasteiger charge is 2.54. The molecule has 2 heteroatoms. The summed E-state index contributed by atoms with van der Waals surface area (Å²) < 4.78 is 6.30. The lowest BCUT2D eigenvalue weighted by atomic mass is 9.49. The summed E-state index contributed by atoms with van der Waals surface area (Å²) in [6.45, 7) is 20.7. The van der Waals surface area contributed by atoms with Gasteiger partial charge in [0.1, 0.15) is 6.10 Å². The van der Waals surface area contributed by atoms with Crippen LogP contribution in [0.5, 0.6) is 0 Å². The predicted octanol–water partition coefficient (Wildman–Crippen LogP) is 6.58. The zero-order chi connectivity index (χ0) is 19.8. The molecule has 0 amide bonds. The van der Waals surface area contributed by atoms with Gasteiger partial charge in [0.15, 0.2) is 0 Å². The van der Waals surface area contributed by atoms with Crippen molar-refractivity contribution in [2.45, 2.75) is 94.1 Å². The van der Waals surface area contributed by atoms with Gasteiger partial charge in [-0.2, -0.15) is 0 Å². The van der Waals surface area contributed by atoms with E-state index < -0.39 is 0 Å². The summed E-state index contributed by atoms with van der Waals surface area (Å²) in [5.74, 6) is 5.45. The fourth-order valence-electron chi connectivity index (χ4n) is 6.03. The van der Waals surface area contributed by atoms with E-state index in [0.717, 1.165) is 24.7 Å². The van der Waals surface area contributed by atoms with Crippen molar-refractivity contribution in [1.29, 1.82) is 0 Å². The van der Waals surface area contributed by atoms with E-state index in [2.05, 4.69) is 48.5 Å². The van der Waals surface area contributed by atoms with Gasteiger partial charge in [-0.3, -0.25) is 4.79 Å². The largest absolute Gasteiger partial charge is 0.462 e. The number of hydrogen-bond donors (Lipinski definition) is 0. The highest BCUT2D eigenvalue weighted by atomic mass is 16.5. The van der Waals surface area contributed by atoms with Crippen LogP contribution >= 0.6 is 0 Å². The molecule has 152 valence electrons. The Bertz CT molecular complexity index is 483. The van der Waals surface area contributed by atoms with Gasteiger partial charge < -0.3 is 4.74 Å². The van der Waals surface area contributed by atoms with E-state index in [1.165, 1.54) is 12.8 Å². The Morgan fingerprint density at radius 1 is 0.923 bits per heavy atom. The molecule has 0 aromatic heterocycles. The van der Waals surface area contributed by atoms with Crippen molar-refractivity contribution in [3.05, 3.63) is 0 Å². The minimum Gasteiger partial charge on any atom is -0.462 e. The van der Waals surface area contributed by atoms with E-state index in [1.807, 2.05) is 13.8 Å². The lowest BCUT2D eigenvalue weighted by Crippen LogP contribution is -2.56. The molecular formula is C24H44O2. The standard InChI is InChI=1S/C24H44O2/c1-10-12-19-17(6)16(5)18(7)21-15(4)14(3)13-20(22(19)21)26-23(25)24(8,9)11-2/h14-22H,10-13H2,1-9H3. The maximum atomic E-state index is 12.9. The van der Waals surface area contributed by atoms with Crippen LogP contribution in [-0.2, 0) is 9.53 Å². The van der Waals surface area contributed by atoms with Crippen molar-refractivity contribution in [2.24, 2.45) is 52.8 Å². The topological polar surface area (TPSA) is 26.3 Å². The molecule has 9 unspecified atom stereocenters. The molecule has 2 rings (SSSR count). The Morgan fingerprint density at radius 3 is 2.08 bits per heavy atom. The van der Waals surface area contributed by atoms with Crippen LogP contribution in [0.2, 0.25) is 0 Å². The van der Waals surface area contributed by atoms with Crippen LogP contribution < -0.4 is 0 Å². The molecule has 2 saturated carbocycles. The summed E-state index contributed by atoms with van der Waals surface area (Å²) in [5.41, 5.74) is -0.374. The van der Waals surface area contributed by atoms with Gasteiger partial charge in [-0.05, 0) is 68.1 Å². The third-order valence-corrected chi connectivity index (χ3v) is 8.73. The predicted molar refractivity (Wildman–Crippen MR) is 110 cm³/mol. The van der Waals surface area contributed by atoms with Crippen LogP contribution in [0.1, 0.15) is 88.0 Å². The first-order chi connectivity index (χ1) is 12.1. The van der Waals surface area contributed by atoms with E-state index >= 15 is 0 Å². The van der Waals surface area contributed by atoms with E-state index in [4.69, 9.17) is 4.74 Å². The van der Waals surface area contributed by atoms with Gasteiger partial charge in [-0.25, -0.2) is 0 Å². The second kappa shape index (κ2) is 8.23. The SMILES string of the molecule is CCCC1C(C)C(C)C(C)C2C(C)C(C)CC(OC(=O)C(C)(C)CC)C12. The van der Waals surface area contributed by atoms with Crippen LogP contribution in [0.15, 0.2) is 0 Å². The molecule has 0 aromatic rings. The molecule has 0 radical (unpaired) electrons. The van der Waals surface area contributed by atoms with Crippen LogP contribution in [0.25, 0.3) is 0 Å². The average molecular weight is 365 g/mol. The monoisotopic (exact) mass is 364 g/mol. The van der Waals surface area contributed by atoms with Gasteiger partial charge in [0.05, 0.1) is 5.41 Å². The van der Waals surface area contributed by atoms with Crippen molar-refractivity contribution in [3.8, 4) is 0 Å². The molecule has 0 N–H and O–H groups in total. The quantitative estimate of drug-likeness (QED) is 0.515. The summed E-state index contributed by atoms with van der Waals surface area (Å²) >= 11 is 0. The zero-order valence-corrected chi connectivity index (χ0v) is 18.8. The average Bonchev–Trinajstić information content (AvgIpc) is 2.59. The third kappa shape index (κ3) is 3.85. The van der Waals surface area contributed by atoms with Gasteiger partial charge in [0.25, 0.3) is 0 Å². The van der Waals surface area contributed by atoms with Crippen molar-refractivity contribution in [1.82, 2.24) is 0 Å². The Kier molecular flexibility index (Phi) is 6.89. The second-order valence-electron chi connectivity index (χ2n) is 10.4. The molecule has 0 spiro atoms. The van der Waals surface area contributed by atoms with Crippen LogP contribution in [0.3, 0.4) is 0 Å². The summed E-state index contributed by atoms with van der Waals surface area (Å²) in [7, 11) is 0. The van der Waals surface area contributed by atoms with Crippen LogP contribution in [0.4, 0.5) is 0 Å². The molecule has 9 atom stereocenters. The van der Waals surface area contributed by atoms with Gasteiger partial charge in [0, 0.05) is 5.92 Å². The van der Waals surface area contributed by atoms with Crippen molar-refractivity contribution < 1.29 is 9.53 Å². The molecular weight excluding hydrogens is 320 g/mol. The number of rotatable bonds is 5. The summed E-state index contributed by atoms with van der Waals surface area (Å²) in [6, 6.07) is 0. The minimum atomic E-state index is -0.374. The molecule has 0 heterocycles. The van der Waals surface area contributed by atoms with E-state index in [-0.39, 0.29) is 17.5 Å². The van der Waals surface area contributed by atoms with Gasteiger partial charge in [-0.15, -0.1) is 0 Å². The molecule has 0 aliphatic heterocycles. The van der Waals surface area contributed by atoms with E-state index in [0.29, 0.717) is 35.5 Å². The first kappa shape index (κ1) is 21.8. The maximum absolute atomic E-state index is 12.9. The highest BCUT2D eigenvalue weighted by molar-refractivity contribution is 5.76. The van der Waals surface area contributed by atoms with Crippen molar-refractivity contribution in [3.63, 3.8) is 0 Å². The smallest absolute Gasteiger partial charge is 0.311 e. The first-order valence-electron chi connectivity index (χ1n) is 11.3. The molecule has 26 heavy (non-hydrogen) atoms. The summed E-state index contributed by atoms with van der Waals surface area (Å²) in [6.07, 6.45) is 4.48. The molecule has 2 nitrogen and oxygen atoms in total. The Labute approximate surface area is 162 Å². The lowest BCUT2D eigenvalue weighted by Gasteiger charge is -2.57. The Balaban J connectivity index is 2.36. The van der Waals surface area contributed by atoms with Gasteiger partial charge in [-0.1, -0.05) is 61.3 Å². The fraction of sp³-hybridized carbons (Fsp3) is 0.958. The minimum absolute atomic E-state index is 0.0136. The normalized spacial score (nSPS) is 43.7. The molecule has 2 fully saturated rings. The Morgan fingerprint density at radius 2 is 1.54 bits per heavy atom. The molecule has 2 aliphatic rings. The number of esters is 1. The number of hydrogen-bond acceptors (Lipinski definition) is 2. The number of carbonyl (C=O) groups is 1. The van der Waals surface area contributed by atoms with Gasteiger partial charge in [0.2, 0.25) is 0 Å². The van der Waals surface area contributed by atoms with E-state index in [1.54, 1.807) is 0 Å². The zero-order valence-electron chi connectivity index (χ0n) is 18.8. The lowest BCUT2D eigenvalue weighted by molar-refractivity contribution is -0.184. The summed E-state index contributed by atoms with van der Waals surface area (Å²) in [4.78, 5) is 12.9. The molecule has 0 aromatic carbocycles. The van der Waals surface area contributed by atoms with E-state index in [9.17, 15) is 4.79 Å². The molecule has 0 saturated heterocycles. The number of ether oxygens (including phenoxy) is 1. The highest BCUT2D eigenvalue weighted by Crippen LogP contribution is 2.56. The molecule has 0 bridgehead atoms. The summed E-state index contributed by atoms with van der Waals surface area (Å²) in [5, 5.41) is 0. The number of fused-ring (bicyclic) bond motifs is 1. The second-order valence-corrected chi connectivity index (χ2v) is 10.4. The number of carbonyl (C=O) groups excluding carboxylic acids is 1. The van der Waals surface area contributed by atoms with Crippen LogP contribution in [0, 0.1) is 52.8 Å². The van der Waals surface area contributed by atoms with Crippen molar-refractivity contribution in [2.75, 3.05) is 0 Å². The Hall–Kier alpha value is -0.530. The first-order valence-corrected chi connectivity index (χ1v) is 11.3. The fourth-order valence-corrected chi connectivity index (χ4v) is 6.03. The van der Waals surface area contributed by atoms with Crippen molar-refractivity contribution >= 4 is 5.97 Å². The third-order valence-electron chi connectivity index (χ3n) is 8.73. The molecule has 2 aliphatic carbocycles. The maximum Gasteiger partial charge on any atom is 0.311 e.